The molecule has 1 unspecified atom stereocenters. The number of aliphatic hydroxyl groups excluding tert-OH is 1. The molecule has 0 aliphatic rings. The zero-order valence-corrected chi connectivity index (χ0v) is 14.2. The molecule has 0 aromatic heterocycles. The van der Waals surface area contributed by atoms with E-state index in [9.17, 15) is 5.11 Å². The van der Waals surface area contributed by atoms with Gasteiger partial charge in [-0.1, -0.05) is 81.4 Å². The number of hydrogen-bond acceptors (Lipinski definition) is 2. The molecule has 2 aromatic carbocycles. The zero-order chi connectivity index (χ0) is 15.5. The van der Waals surface area contributed by atoms with Gasteiger partial charge in [0.25, 0.3) is 8.32 Å². The van der Waals surface area contributed by atoms with Gasteiger partial charge in [-0.15, -0.1) is 0 Å². The Bertz CT molecular complexity index is 519. The van der Waals surface area contributed by atoms with E-state index >= 15 is 0 Å². The van der Waals surface area contributed by atoms with Gasteiger partial charge in [-0.3, -0.25) is 0 Å². The topological polar surface area (TPSA) is 29.5 Å². The second-order valence-electron chi connectivity index (χ2n) is 6.38. The maximum Gasteiger partial charge on any atom is 0.264 e. The summed E-state index contributed by atoms with van der Waals surface area (Å²) in [5.74, 6) is 0. The van der Waals surface area contributed by atoms with Crippen LogP contribution in [0.3, 0.4) is 0 Å². The molecule has 0 aliphatic carbocycles. The van der Waals surface area contributed by atoms with Gasteiger partial charge in [0.15, 0.2) is 0 Å². The summed E-state index contributed by atoms with van der Waals surface area (Å²) >= 11 is 0. The number of rotatable bonds is 4. The maximum absolute atomic E-state index is 9.99. The fourth-order valence-corrected chi connectivity index (χ4v) is 7.47. The Morgan fingerprint density at radius 2 is 1.24 bits per heavy atom. The highest BCUT2D eigenvalue weighted by Crippen LogP contribution is 2.37. The summed E-state index contributed by atoms with van der Waals surface area (Å²) in [6.45, 7) is 8.28. The van der Waals surface area contributed by atoms with Crippen molar-refractivity contribution in [3.05, 3.63) is 60.7 Å². The molecule has 0 heterocycles. The summed E-state index contributed by atoms with van der Waals surface area (Å²) in [7, 11) is -2.56. The van der Waals surface area contributed by atoms with Crippen LogP contribution in [0.25, 0.3) is 0 Å². The maximum atomic E-state index is 9.99. The van der Waals surface area contributed by atoms with Crippen LogP contribution in [-0.4, -0.2) is 19.7 Å². The van der Waals surface area contributed by atoms with Gasteiger partial charge in [0, 0.05) is 0 Å². The first-order valence-corrected chi connectivity index (χ1v) is 9.25. The van der Waals surface area contributed by atoms with Gasteiger partial charge in [0.2, 0.25) is 0 Å². The van der Waals surface area contributed by atoms with Gasteiger partial charge in [-0.05, 0) is 22.3 Å². The summed E-state index contributed by atoms with van der Waals surface area (Å²) in [4.78, 5) is 0. The van der Waals surface area contributed by atoms with Gasteiger partial charge in [0.1, 0.15) is 6.29 Å². The van der Waals surface area contributed by atoms with Crippen molar-refractivity contribution in [1.82, 2.24) is 0 Å². The lowest BCUT2D eigenvalue weighted by Crippen LogP contribution is -2.67. The van der Waals surface area contributed by atoms with E-state index in [1.807, 2.05) is 36.4 Å². The molecule has 2 aromatic rings. The molecule has 3 heteroatoms. The molecular weight excluding hydrogens is 276 g/mol. The van der Waals surface area contributed by atoms with E-state index in [-0.39, 0.29) is 5.04 Å². The molecule has 0 spiro atoms. The smallest absolute Gasteiger partial charge is 0.264 e. The van der Waals surface area contributed by atoms with Crippen LogP contribution in [0.15, 0.2) is 60.7 Å². The minimum absolute atomic E-state index is 0.0906. The normalized spacial score (nSPS) is 14.0. The van der Waals surface area contributed by atoms with Crippen molar-refractivity contribution in [2.45, 2.75) is 39.0 Å². The first kappa shape index (κ1) is 16.0. The van der Waals surface area contributed by atoms with E-state index in [0.29, 0.717) is 0 Å². The third kappa shape index (κ3) is 3.10. The standard InChI is InChI=1S/C18H24O2Si/c1-15(19)20-21(18(2,3)4,16-11-7-5-8-12-16)17-13-9-6-10-14-17/h5-15,19H,1-4H3. The largest absolute Gasteiger partial charge is 0.383 e. The van der Waals surface area contributed by atoms with E-state index in [2.05, 4.69) is 45.0 Å². The minimum atomic E-state index is -2.56. The van der Waals surface area contributed by atoms with E-state index in [1.54, 1.807) is 6.92 Å². The number of benzene rings is 2. The fourth-order valence-electron chi connectivity index (χ4n) is 2.95. The van der Waals surface area contributed by atoms with Crippen molar-refractivity contribution in [1.29, 1.82) is 0 Å². The lowest BCUT2D eigenvalue weighted by molar-refractivity contribution is -0.00856. The molecule has 0 amide bonds. The van der Waals surface area contributed by atoms with Crippen LogP contribution in [-0.2, 0) is 4.43 Å². The molecule has 0 saturated heterocycles. The Labute approximate surface area is 128 Å². The molecule has 21 heavy (non-hydrogen) atoms. The average Bonchev–Trinajstić information content (AvgIpc) is 2.45. The van der Waals surface area contributed by atoms with Gasteiger partial charge >= 0.3 is 0 Å². The third-order valence-electron chi connectivity index (χ3n) is 3.76. The summed E-state index contributed by atoms with van der Waals surface area (Å²) in [5.41, 5.74) is 0. The van der Waals surface area contributed by atoms with Crippen molar-refractivity contribution in [3.8, 4) is 0 Å². The Balaban J connectivity index is 2.72. The molecule has 1 N–H and O–H groups in total. The van der Waals surface area contributed by atoms with Gasteiger partial charge in [-0.25, -0.2) is 0 Å². The lowest BCUT2D eigenvalue weighted by Gasteiger charge is -2.43. The van der Waals surface area contributed by atoms with Crippen LogP contribution < -0.4 is 10.4 Å². The van der Waals surface area contributed by atoms with Crippen molar-refractivity contribution in [2.24, 2.45) is 0 Å². The molecule has 0 bridgehead atoms. The highest BCUT2D eigenvalue weighted by Gasteiger charge is 2.50. The average molecular weight is 300 g/mol. The van der Waals surface area contributed by atoms with Crippen LogP contribution in [0.4, 0.5) is 0 Å². The van der Waals surface area contributed by atoms with Crippen LogP contribution >= 0.6 is 0 Å². The molecular formula is C18H24O2Si. The van der Waals surface area contributed by atoms with Crippen molar-refractivity contribution in [3.63, 3.8) is 0 Å². The van der Waals surface area contributed by atoms with Crippen LogP contribution in [0, 0.1) is 0 Å². The molecule has 112 valence electrons. The van der Waals surface area contributed by atoms with Crippen LogP contribution in [0.1, 0.15) is 27.7 Å². The minimum Gasteiger partial charge on any atom is -0.383 e. The summed E-state index contributed by atoms with van der Waals surface area (Å²) < 4.78 is 6.27. The van der Waals surface area contributed by atoms with Crippen molar-refractivity contribution >= 4 is 18.7 Å². The van der Waals surface area contributed by atoms with E-state index in [1.165, 1.54) is 10.4 Å². The van der Waals surface area contributed by atoms with Gasteiger partial charge in [0.05, 0.1) is 0 Å². The first-order valence-electron chi connectivity index (χ1n) is 7.35. The Hall–Kier alpha value is -1.42. The molecule has 0 aliphatic heterocycles. The summed E-state index contributed by atoms with van der Waals surface area (Å²) in [6.07, 6.45) is -0.795. The SMILES string of the molecule is CC(O)O[Si](c1ccccc1)(c1ccccc1)C(C)(C)C. The summed E-state index contributed by atoms with van der Waals surface area (Å²) in [6, 6.07) is 20.7. The molecule has 1 atom stereocenters. The number of aliphatic hydroxyl groups is 1. The Morgan fingerprint density at radius 3 is 1.52 bits per heavy atom. The highest BCUT2D eigenvalue weighted by atomic mass is 28.4. The van der Waals surface area contributed by atoms with Gasteiger partial charge < -0.3 is 9.53 Å². The van der Waals surface area contributed by atoms with E-state index in [0.717, 1.165) is 0 Å². The predicted molar refractivity (Wildman–Crippen MR) is 90.4 cm³/mol. The quantitative estimate of drug-likeness (QED) is 0.695. The fraction of sp³-hybridized carbons (Fsp3) is 0.333. The molecule has 2 rings (SSSR count). The summed E-state index contributed by atoms with van der Waals surface area (Å²) in [5, 5.41) is 12.3. The second kappa shape index (κ2) is 6.14. The van der Waals surface area contributed by atoms with Crippen LogP contribution in [0.5, 0.6) is 0 Å². The molecule has 0 saturated carbocycles. The van der Waals surface area contributed by atoms with E-state index < -0.39 is 14.6 Å². The Kier molecular flexibility index (Phi) is 4.66. The molecule has 0 fully saturated rings. The Morgan fingerprint density at radius 1 is 0.857 bits per heavy atom. The zero-order valence-electron chi connectivity index (χ0n) is 13.2. The van der Waals surface area contributed by atoms with Gasteiger partial charge in [-0.2, -0.15) is 0 Å². The van der Waals surface area contributed by atoms with E-state index in [4.69, 9.17) is 4.43 Å². The third-order valence-corrected chi connectivity index (χ3v) is 8.86. The highest BCUT2D eigenvalue weighted by molar-refractivity contribution is 6.99. The monoisotopic (exact) mass is 300 g/mol. The molecule has 2 nitrogen and oxygen atoms in total. The first-order chi connectivity index (χ1) is 9.88. The predicted octanol–water partition coefficient (Wildman–Crippen LogP) is 2.90. The number of hydrogen-bond donors (Lipinski definition) is 1. The lowest BCUT2D eigenvalue weighted by atomic mass is 10.2. The molecule has 0 radical (unpaired) electrons. The van der Waals surface area contributed by atoms with Crippen LogP contribution in [0.2, 0.25) is 5.04 Å². The van der Waals surface area contributed by atoms with Crippen molar-refractivity contribution in [2.75, 3.05) is 0 Å². The second-order valence-corrected chi connectivity index (χ2v) is 10.6. The van der Waals surface area contributed by atoms with Crippen molar-refractivity contribution < 1.29 is 9.53 Å².